The van der Waals surface area contributed by atoms with Gasteiger partial charge in [0, 0.05) is 29.2 Å². The largest absolute Gasteiger partial charge is 0.496 e. The van der Waals surface area contributed by atoms with Gasteiger partial charge in [-0.05, 0) is 32.4 Å². The average molecular weight is 469 g/mol. The zero-order chi connectivity index (χ0) is 24.0. The molecule has 0 atom stereocenters. The van der Waals surface area contributed by atoms with Crippen molar-refractivity contribution < 1.29 is 19.4 Å². The molecule has 0 aromatic carbocycles. The van der Waals surface area contributed by atoms with Gasteiger partial charge in [0.15, 0.2) is 5.82 Å². The van der Waals surface area contributed by atoms with Crippen molar-refractivity contribution in [3.8, 4) is 5.75 Å². The molecule has 33 heavy (non-hydrogen) atoms. The first kappa shape index (κ1) is 22.3. The number of nitrogens with one attached hydrogen (secondary N) is 1. The highest BCUT2D eigenvalue weighted by molar-refractivity contribution is 6.41. The van der Waals surface area contributed by atoms with Gasteiger partial charge in [-0.1, -0.05) is 11.6 Å². The molecular formula is C22H21ClN6O4. The van der Waals surface area contributed by atoms with Crippen molar-refractivity contribution in [3.05, 3.63) is 56.8 Å². The Bertz CT molecular complexity index is 1350. The number of halogens is 1. The summed E-state index contributed by atoms with van der Waals surface area (Å²) in [6.07, 6.45) is 4.59. The summed E-state index contributed by atoms with van der Waals surface area (Å²) >= 11 is 6.37. The van der Waals surface area contributed by atoms with Crippen LogP contribution in [0.3, 0.4) is 0 Å². The minimum absolute atomic E-state index is 0.0217. The second-order valence-electron chi connectivity index (χ2n) is 7.61. The molecule has 11 heteroatoms. The molecule has 0 fully saturated rings. The lowest BCUT2D eigenvalue weighted by Crippen LogP contribution is -2.27. The maximum absolute atomic E-state index is 13.5. The lowest BCUT2D eigenvalue weighted by atomic mass is 10.1. The smallest absolute Gasteiger partial charge is 0.337 e. The van der Waals surface area contributed by atoms with Gasteiger partial charge in [0.05, 0.1) is 36.0 Å². The first-order valence-electron chi connectivity index (χ1n) is 9.91. The maximum atomic E-state index is 13.5. The van der Waals surface area contributed by atoms with Gasteiger partial charge in [0.1, 0.15) is 10.9 Å². The zero-order valence-electron chi connectivity index (χ0n) is 18.4. The molecule has 0 aliphatic carbocycles. The quantitative estimate of drug-likeness (QED) is 0.382. The van der Waals surface area contributed by atoms with Gasteiger partial charge in [0.25, 0.3) is 5.91 Å². The van der Waals surface area contributed by atoms with E-state index in [-0.39, 0.29) is 34.6 Å². The number of nitrogen functional groups attached to an aromatic ring is 1. The van der Waals surface area contributed by atoms with Crippen LogP contribution in [0.5, 0.6) is 5.75 Å². The van der Waals surface area contributed by atoms with Crippen LogP contribution in [0, 0.1) is 20.8 Å². The number of carbonyl (C=O) groups is 2. The number of fused-ring (bicyclic) bond motifs is 1. The fourth-order valence-corrected chi connectivity index (χ4v) is 4.18. The van der Waals surface area contributed by atoms with Crippen molar-refractivity contribution in [2.24, 2.45) is 0 Å². The molecule has 0 saturated carbocycles. The van der Waals surface area contributed by atoms with Crippen LogP contribution in [0.4, 0.5) is 11.8 Å². The molecule has 3 aromatic rings. The number of carboxylic acids is 1. The number of nitrogens with two attached hydrogens (primary N) is 1. The van der Waals surface area contributed by atoms with Gasteiger partial charge in [-0.15, -0.1) is 0 Å². The highest BCUT2D eigenvalue weighted by atomic mass is 35.5. The average Bonchev–Trinajstić information content (AvgIpc) is 3.23. The molecular weight excluding hydrogens is 448 g/mol. The minimum atomic E-state index is -1.07. The van der Waals surface area contributed by atoms with Crippen LogP contribution >= 0.6 is 11.6 Å². The van der Waals surface area contributed by atoms with E-state index in [9.17, 15) is 14.7 Å². The molecule has 1 amide bonds. The van der Waals surface area contributed by atoms with Gasteiger partial charge in [-0.25, -0.2) is 9.78 Å². The number of ether oxygens (including phenoxy) is 1. The summed E-state index contributed by atoms with van der Waals surface area (Å²) < 4.78 is 5.48. The monoisotopic (exact) mass is 468 g/mol. The van der Waals surface area contributed by atoms with Crippen molar-refractivity contribution in [1.82, 2.24) is 19.9 Å². The summed E-state index contributed by atoms with van der Waals surface area (Å²) in [7, 11) is 1.58. The van der Waals surface area contributed by atoms with Crippen molar-refractivity contribution in [2.45, 2.75) is 27.3 Å². The van der Waals surface area contributed by atoms with E-state index >= 15 is 0 Å². The number of H-pyrrole nitrogens is 1. The predicted molar refractivity (Wildman–Crippen MR) is 123 cm³/mol. The highest BCUT2D eigenvalue weighted by Gasteiger charge is 2.37. The summed E-state index contributed by atoms with van der Waals surface area (Å²) in [5, 5.41) is 9.35. The highest BCUT2D eigenvalue weighted by Crippen LogP contribution is 2.42. The van der Waals surface area contributed by atoms with E-state index in [2.05, 4.69) is 19.9 Å². The second-order valence-corrected chi connectivity index (χ2v) is 7.97. The summed E-state index contributed by atoms with van der Waals surface area (Å²) in [4.78, 5) is 42.0. The number of pyridine rings is 1. The van der Waals surface area contributed by atoms with E-state index in [1.54, 1.807) is 26.3 Å². The van der Waals surface area contributed by atoms with Gasteiger partial charge in [-0.2, -0.15) is 4.98 Å². The molecule has 0 unspecified atom stereocenters. The molecule has 0 radical (unpaired) electrons. The standard InChI is InChI=1S/C22H21ClN6O4/c1-9-6-25-15(11(3)17(9)33-4)8-29-19-16(18(23)27-22(24)28-19)12(20(29)30)5-14-10(2)13(7-26-14)21(31)32/h5-7,26H,8H2,1-4H3,(H,31,32)(H2,24,27,28). The maximum Gasteiger partial charge on any atom is 0.337 e. The molecule has 10 nitrogen and oxygen atoms in total. The molecule has 0 bridgehead atoms. The van der Waals surface area contributed by atoms with Gasteiger partial charge < -0.3 is 20.6 Å². The number of aromatic amines is 1. The number of methoxy groups -OCH3 is 1. The van der Waals surface area contributed by atoms with Crippen LogP contribution in [0.2, 0.25) is 5.15 Å². The number of rotatable bonds is 5. The van der Waals surface area contributed by atoms with E-state index in [1.165, 1.54) is 11.1 Å². The molecule has 170 valence electrons. The molecule has 0 saturated heterocycles. The van der Waals surface area contributed by atoms with E-state index < -0.39 is 11.9 Å². The Labute approximate surface area is 194 Å². The molecule has 1 aliphatic rings. The molecule has 4 rings (SSSR count). The Morgan fingerprint density at radius 2 is 2.03 bits per heavy atom. The summed E-state index contributed by atoms with van der Waals surface area (Å²) in [5.74, 6) is -0.595. The second kappa shape index (κ2) is 8.21. The number of hydrogen-bond donors (Lipinski definition) is 3. The number of amides is 1. The Morgan fingerprint density at radius 3 is 2.67 bits per heavy atom. The van der Waals surface area contributed by atoms with E-state index in [1.807, 2.05) is 13.8 Å². The fourth-order valence-electron chi connectivity index (χ4n) is 3.90. The third-order valence-electron chi connectivity index (χ3n) is 5.62. The number of aryl methyl sites for hydroxylation is 1. The predicted octanol–water partition coefficient (Wildman–Crippen LogP) is 3.15. The number of aromatic nitrogens is 4. The van der Waals surface area contributed by atoms with Crippen molar-refractivity contribution in [1.29, 1.82) is 0 Å². The lowest BCUT2D eigenvalue weighted by Gasteiger charge is -2.19. The van der Waals surface area contributed by atoms with Crippen LogP contribution in [-0.4, -0.2) is 44.0 Å². The van der Waals surface area contributed by atoms with Gasteiger partial charge >= 0.3 is 5.97 Å². The summed E-state index contributed by atoms with van der Waals surface area (Å²) in [5.41, 5.74) is 9.69. The first-order chi connectivity index (χ1) is 15.6. The van der Waals surface area contributed by atoms with Crippen LogP contribution in [0.15, 0.2) is 12.4 Å². The van der Waals surface area contributed by atoms with E-state index in [0.717, 1.165) is 11.1 Å². The number of carbonyl (C=O) groups excluding carboxylic acids is 1. The number of carboxylic acid groups (broad SMARTS) is 1. The Hall–Kier alpha value is -3.92. The molecule has 3 aromatic heterocycles. The third kappa shape index (κ3) is 3.68. The SMILES string of the molecule is COc1c(C)cnc(CN2C(=O)C(=Cc3[nH]cc(C(=O)O)c3C)c3c(Cl)nc(N)nc32)c1C. The summed E-state index contributed by atoms with van der Waals surface area (Å²) in [6, 6.07) is 0. The van der Waals surface area contributed by atoms with E-state index in [0.29, 0.717) is 28.3 Å². The zero-order valence-corrected chi connectivity index (χ0v) is 19.1. The number of nitrogens with zero attached hydrogens (tertiary/aromatic N) is 4. The number of anilines is 2. The van der Waals surface area contributed by atoms with Crippen LogP contribution in [0.1, 0.15) is 44.0 Å². The van der Waals surface area contributed by atoms with Crippen molar-refractivity contribution in [3.63, 3.8) is 0 Å². The fraction of sp³-hybridized carbons (Fsp3) is 0.227. The van der Waals surface area contributed by atoms with Crippen LogP contribution < -0.4 is 15.4 Å². The topological polar surface area (TPSA) is 147 Å². The Morgan fingerprint density at radius 1 is 1.30 bits per heavy atom. The summed E-state index contributed by atoms with van der Waals surface area (Å²) in [6.45, 7) is 5.50. The Balaban J connectivity index is 1.84. The Kier molecular flexibility index (Phi) is 5.54. The minimum Gasteiger partial charge on any atom is -0.496 e. The molecule has 4 heterocycles. The van der Waals surface area contributed by atoms with Gasteiger partial charge in [0.2, 0.25) is 5.95 Å². The number of hydrogen-bond acceptors (Lipinski definition) is 7. The number of aromatic carboxylic acids is 1. The third-order valence-corrected chi connectivity index (χ3v) is 5.89. The lowest BCUT2D eigenvalue weighted by molar-refractivity contribution is -0.113. The molecule has 0 spiro atoms. The van der Waals surface area contributed by atoms with Gasteiger partial charge in [-0.3, -0.25) is 14.7 Å². The van der Waals surface area contributed by atoms with E-state index in [4.69, 9.17) is 22.1 Å². The van der Waals surface area contributed by atoms with Crippen molar-refractivity contribution in [2.75, 3.05) is 17.7 Å². The first-order valence-corrected chi connectivity index (χ1v) is 10.3. The van der Waals surface area contributed by atoms with Crippen molar-refractivity contribution >= 4 is 46.9 Å². The van der Waals surface area contributed by atoms with Crippen LogP contribution in [0.25, 0.3) is 11.6 Å². The molecule has 4 N–H and O–H groups in total. The van der Waals surface area contributed by atoms with Crippen LogP contribution in [-0.2, 0) is 11.3 Å². The molecule has 1 aliphatic heterocycles. The normalized spacial score (nSPS) is 14.2.